The fourth-order valence-corrected chi connectivity index (χ4v) is 7.16. The van der Waals surface area contributed by atoms with Crippen molar-refractivity contribution in [1.82, 2.24) is 60.3 Å². The number of hydrogen-bond acceptors (Lipinski definition) is 12. The van der Waals surface area contributed by atoms with Crippen molar-refractivity contribution >= 4 is 57.2 Å². The number of rotatable bonds is 12. The van der Waals surface area contributed by atoms with E-state index in [1.165, 1.54) is 0 Å². The largest absolute Gasteiger partial charge is 0.360 e. The number of aromatic amines is 4. The summed E-state index contributed by atoms with van der Waals surface area (Å²) in [6, 6.07) is 18.4. The van der Waals surface area contributed by atoms with Crippen molar-refractivity contribution in [2.75, 3.05) is 21.3 Å². The van der Waals surface area contributed by atoms with Crippen LogP contribution in [-0.4, -0.2) is 72.1 Å². The Labute approximate surface area is 339 Å². The maximum atomic E-state index is 13.1. The minimum Gasteiger partial charge on any atom is -0.360 e. The summed E-state index contributed by atoms with van der Waals surface area (Å²) < 4.78 is 52.3. The van der Waals surface area contributed by atoms with Gasteiger partial charge < -0.3 is 31.2 Å². The molecule has 8 aromatic rings. The highest BCUT2D eigenvalue weighted by Gasteiger charge is 2.47. The number of nitrogens with one attached hydrogen (secondary N) is 8. The Morgan fingerprint density at radius 2 is 1.00 bits per heavy atom. The number of halogens is 4. The van der Waals surface area contributed by atoms with Crippen LogP contribution in [0.1, 0.15) is 86.2 Å². The number of nitrogens with zero attached hydrogens (tertiary/aromatic N) is 8. The fraction of sp³-hybridized carbons (Fsp3) is 0.300. The van der Waals surface area contributed by atoms with Crippen LogP contribution in [0, 0.1) is 0 Å². The first kappa shape index (κ1) is 38.4. The highest BCUT2D eigenvalue weighted by atomic mass is 19.3. The van der Waals surface area contributed by atoms with Gasteiger partial charge in [0.05, 0.1) is 45.5 Å². The van der Waals surface area contributed by atoms with E-state index in [1.807, 2.05) is 62.6 Å². The van der Waals surface area contributed by atoms with Crippen molar-refractivity contribution in [3.63, 3.8) is 0 Å². The predicted octanol–water partition coefficient (Wildman–Crippen LogP) is 9.01. The van der Waals surface area contributed by atoms with E-state index in [0.717, 1.165) is 33.5 Å². The molecule has 2 saturated carbocycles. The van der Waals surface area contributed by atoms with Gasteiger partial charge in [-0.2, -0.15) is 20.2 Å². The summed E-state index contributed by atoms with van der Waals surface area (Å²) >= 11 is 0. The number of alkyl halides is 4. The molecule has 20 heteroatoms. The van der Waals surface area contributed by atoms with E-state index in [-0.39, 0.29) is 49.6 Å². The van der Waals surface area contributed by atoms with Gasteiger partial charge in [0.2, 0.25) is 23.7 Å². The van der Waals surface area contributed by atoms with Crippen LogP contribution in [0.25, 0.3) is 22.1 Å². The molecule has 2 aliphatic carbocycles. The summed E-state index contributed by atoms with van der Waals surface area (Å²) in [5, 5.41) is 26.6. The van der Waals surface area contributed by atoms with Gasteiger partial charge in [0.15, 0.2) is 11.6 Å². The average Bonchev–Trinajstić information content (AvgIpc) is 4.04. The molecular formula is C40H40F4N16. The molecule has 0 bridgehead atoms. The van der Waals surface area contributed by atoms with Crippen molar-refractivity contribution in [2.45, 2.75) is 75.3 Å². The Balaban J connectivity index is 0.000000154. The third kappa shape index (κ3) is 8.66. The lowest BCUT2D eigenvalue weighted by Gasteiger charge is -2.33. The molecule has 0 aliphatic heterocycles. The van der Waals surface area contributed by atoms with Crippen LogP contribution in [0.4, 0.5) is 52.7 Å². The van der Waals surface area contributed by atoms with Crippen molar-refractivity contribution in [3.05, 3.63) is 108 Å². The number of aromatic nitrogens is 12. The van der Waals surface area contributed by atoms with Crippen LogP contribution < -0.4 is 21.3 Å². The van der Waals surface area contributed by atoms with E-state index in [0.29, 0.717) is 46.6 Å². The first-order valence-electron chi connectivity index (χ1n) is 19.4. The summed E-state index contributed by atoms with van der Waals surface area (Å²) in [5.41, 5.74) is 6.92. The smallest absolute Gasteiger partial charge is 0.249 e. The molecule has 8 N–H and O–H groups in total. The number of anilines is 6. The second-order valence-corrected chi connectivity index (χ2v) is 15.1. The molecule has 10 rings (SSSR count). The predicted molar refractivity (Wildman–Crippen MR) is 218 cm³/mol. The molecule has 0 amide bonds. The Morgan fingerprint density at radius 3 is 1.42 bits per heavy atom. The highest BCUT2D eigenvalue weighted by molar-refractivity contribution is 5.75. The lowest BCUT2D eigenvalue weighted by atomic mass is 9.79. The lowest BCUT2D eigenvalue weighted by molar-refractivity contribution is -0.0882. The summed E-state index contributed by atoms with van der Waals surface area (Å²) in [5.74, 6) is -2.46. The summed E-state index contributed by atoms with van der Waals surface area (Å²) in [6.07, 6.45) is 6.41. The molecule has 8 aromatic heterocycles. The van der Waals surface area contributed by atoms with Crippen LogP contribution in [-0.2, 0) is 0 Å². The zero-order chi connectivity index (χ0) is 41.4. The molecule has 8 heterocycles. The summed E-state index contributed by atoms with van der Waals surface area (Å²) in [4.78, 5) is 33.0. The molecule has 16 nitrogen and oxygen atoms in total. The zero-order valence-electron chi connectivity index (χ0n) is 32.3. The quantitative estimate of drug-likeness (QED) is 0.0542. The number of H-pyrrole nitrogens is 4. The van der Waals surface area contributed by atoms with E-state index in [4.69, 9.17) is 0 Å². The van der Waals surface area contributed by atoms with Gasteiger partial charge in [0.25, 0.3) is 0 Å². The van der Waals surface area contributed by atoms with E-state index in [2.05, 4.69) is 81.5 Å². The van der Waals surface area contributed by atoms with Crippen molar-refractivity contribution in [1.29, 1.82) is 0 Å². The molecule has 0 aromatic carbocycles. The third-order valence-electron chi connectivity index (χ3n) is 10.5. The van der Waals surface area contributed by atoms with E-state index in [1.54, 1.807) is 36.7 Å². The minimum atomic E-state index is -2.56. The summed E-state index contributed by atoms with van der Waals surface area (Å²) in [7, 11) is 0. The fourth-order valence-electron chi connectivity index (χ4n) is 7.16. The summed E-state index contributed by atoms with van der Waals surface area (Å²) in [6.45, 7) is 3.97. The van der Waals surface area contributed by atoms with E-state index >= 15 is 0 Å². The minimum absolute atomic E-state index is 0.100. The Morgan fingerprint density at radius 1 is 0.567 bits per heavy atom. The Hall–Kier alpha value is -7.12. The second kappa shape index (κ2) is 15.6. The normalized spacial score (nSPS) is 16.9. The molecule has 0 unspecified atom stereocenters. The van der Waals surface area contributed by atoms with Gasteiger partial charge in [-0.15, -0.1) is 0 Å². The Bertz CT molecular complexity index is 2540. The Kier molecular flexibility index (Phi) is 9.96. The molecule has 2 atom stereocenters. The zero-order valence-corrected chi connectivity index (χ0v) is 32.3. The average molecular weight is 821 g/mol. The second-order valence-electron chi connectivity index (χ2n) is 15.1. The number of fused-ring (bicyclic) bond motifs is 2. The monoisotopic (exact) mass is 820 g/mol. The number of pyridine rings is 2. The first-order valence-corrected chi connectivity index (χ1v) is 19.4. The molecule has 0 saturated heterocycles. The first-order chi connectivity index (χ1) is 28.9. The van der Waals surface area contributed by atoms with E-state index in [9.17, 15) is 17.6 Å². The highest BCUT2D eigenvalue weighted by Crippen LogP contribution is 2.49. The third-order valence-corrected chi connectivity index (χ3v) is 10.5. The van der Waals surface area contributed by atoms with Crippen LogP contribution in [0.15, 0.2) is 85.5 Å². The SMILES string of the molecule is C[C@@H](Nc1nccc(Nc2cc(C3CC(F)(F)C3)[nH]n2)n1)c1ccc2[nH]ccc2n1.C[C@H](Nc1nccc(Nc2cc(C3CC(F)(F)C3)[nH]n2)n1)c1ccc2[nH]ccc2n1. The molecule has 2 fully saturated rings. The molecule has 2 aliphatic rings. The lowest BCUT2D eigenvalue weighted by Crippen LogP contribution is -2.33. The maximum Gasteiger partial charge on any atom is 0.249 e. The van der Waals surface area contributed by atoms with Gasteiger partial charge in [0.1, 0.15) is 11.6 Å². The van der Waals surface area contributed by atoms with Crippen molar-refractivity contribution in [2.24, 2.45) is 0 Å². The molecule has 0 spiro atoms. The van der Waals surface area contributed by atoms with Gasteiger partial charge in [0, 0.05) is 85.8 Å². The van der Waals surface area contributed by atoms with Gasteiger partial charge in [-0.3, -0.25) is 10.2 Å². The van der Waals surface area contributed by atoms with Crippen LogP contribution in [0.3, 0.4) is 0 Å². The van der Waals surface area contributed by atoms with Gasteiger partial charge in [-0.1, -0.05) is 0 Å². The number of hydrogen-bond donors (Lipinski definition) is 8. The van der Waals surface area contributed by atoms with Crippen LogP contribution in [0.5, 0.6) is 0 Å². The van der Waals surface area contributed by atoms with Crippen molar-refractivity contribution in [3.8, 4) is 0 Å². The van der Waals surface area contributed by atoms with Gasteiger partial charge in [-0.05, 0) is 62.4 Å². The van der Waals surface area contributed by atoms with Crippen LogP contribution >= 0.6 is 0 Å². The topological polar surface area (TPSA) is 214 Å². The maximum absolute atomic E-state index is 13.1. The standard InChI is InChI=1S/2C20H20F2N8/c2*1-11(13-2-3-14-15(26-13)4-6-23-14)25-19-24-7-5-17(28-19)27-18-8-16(29-30-18)12-9-20(21,22)10-12/h2*2-8,11-12,23H,9-10H2,1H3,(H3,24,25,27,28,29,30)/t2*11-/m10/s1. The van der Waals surface area contributed by atoms with E-state index < -0.39 is 11.8 Å². The van der Waals surface area contributed by atoms with Crippen molar-refractivity contribution < 1.29 is 17.6 Å². The molecular weight excluding hydrogens is 781 g/mol. The van der Waals surface area contributed by atoms with Gasteiger partial charge in [-0.25, -0.2) is 37.5 Å². The molecule has 60 heavy (non-hydrogen) atoms. The molecule has 0 radical (unpaired) electrons. The van der Waals surface area contributed by atoms with Crippen LogP contribution in [0.2, 0.25) is 0 Å². The van der Waals surface area contributed by atoms with Gasteiger partial charge >= 0.3 is 0 Å². The molecule has 308 valence electrons.